The molecule has 0 aliphatic heterocycles. The number of phenolic OH excluding ortho intramolecular Hbond substituents is 1. The quantitative estimate of drug-likeness (QED) is 0.612. The Morgan fingerprint density at radius 1 is 1.37 bits per heavy atom. The molecule has 98 valence electrons. The lowest BCUT2D eigenvalue weighted by atomic mass is 10.2. The van der Waals surface area contributed by atoms with Crippen molar-refractivity contribution in [1.29, 1.82) is 0 Å². The number of amides is 1. The lowest BCUT2D eigenvalue weighted by Gasteiger charge is -2.07. The molecule has 0 fully saturated rings. The molecule has 0 atom stereocenters. The maximum atomic E-state index is 12.0. The summed E-state index contributed by atoms with van der Waals surface area (Å²) < 4.78 is 0.837. The molecule has 1 aromatic carbocycles. The number of phenols is 1. The average molecular weight is 390 g/mol. The predicted octanol–water partition coefficient (Wildman–Crippen LogP) is 3.00. The van der Waals surface area contributed by atoms with Gasteiger partial charge in [-0.25, -0.2) is 9.97 Å². The van der Waals surface area contributed by atoms with E-state index in [4.69, 9.17) is 11.6 Å². The Kier molecular flexibility index (Phi) is 4.20. The van der Waals surface area contributed by atoms with Gasteiger partial charge >= 0.3 is 0 Å². The van der Waals surface area contributed by atoms with Gasteiger partial charge in [0.2, 0.25) is 5.95 Å². The van der Waals surface area contributed by atoms with Crippen molar-refractivity contribution in [2.45, 2.75) is 6.92 Å². The van der Waals surface area contributed by atoms with Gasteiger partial charge in [-0.1, -0.05) is 11.6 Å². The highest BCUT2D eigenvalue weighted by atomic mass is 127. The standard InChI is InChI=1S/C12H9ClIN3O2/c1-6-4-10(13)16-12(15-6)17-11(19)8-5-7(14)2-3-9(8)18/h2-5,18H,1H3,(H,15,16,17,19). The van der Waals surface area contributed by atoms with E-state index in [1.807, 2.05) is 0 Å². The SMILES string of the molecule is Cc1cc(Cl)nc(NC(=O)c2cc(I)ccc2O)n1. The summed E-state index contributed by atoms with van der Waals surface area (Å²) in [7, 11) is 0. The summed E-state index contributed by atoms with van der Waals surface area (Å²) in [6.45, 7) is 1.74. The zero-order valence-electron chi connectivity index (χ0n) is 9.82. The summed E-state index contributed by atoms with van der Waals surface area (Å²) in [5.41, 5.74) is 0.801. The molecule has 0 aliphatic carbocycles. The summed E-state index contributed by atoms with van der Waals surface area (Å²) in [6, 6.07) is 6.32. The normalized spacial score (nSPS) is 10.3. The smallest absolute Gasteiger partial charge is 0.261 e. The number of carbonyl (C=O) groups excluding carboxylic acids is 1. The molecule has 5 nitrogen and oxygen atoms in total. The van der Waals surface area contributed by atoms with Crippen LogP contribution < -0.4 is 5.32 Å². The number of halogens is 2. The van der Waals surface area contributed by atoms with Gasteiger partial charge in [-0.15, -0.1) is 0 Å². The Hall–Kier alpha value is -1.41. The molecule has 1 heterocycles. The topological polar surface area (TPSA) is 75.1 Å². The molecule has 1 aromatic heterocycles. The molecule has 19 heavy (non-hydrogen) atoms. The van der Waals surface area contributed by atoms with Crippen LogP contribution in [-0.2, 0) is 0 Å². The molecule has 2 rings (SSSR count). The van der Waals surface area contributed by atoms with E-state index in [0.29, 0.717) is 5.69 Å². The van der Waals surface area contributed by atoms with E-state index in [1.165, 1.54) is 6.07 Å². The molecular weight excluding hydrogens is 381 g/mol. The fourth-order valence-electron chi connectivity index (χ4n) is 1.45. The zero-order valence-corrected chi connectivity index (χ0v) is 12.7. The Morgan fingerprint density at radius 2 is 2.11 bits per heavy atom. The van der Waals surface area contributed by atoms with Gasteiger partial charge in [0, 0.05) is 9.26 Å². The molecule has 0 spiro atoms. The van der Waals surface area contributed by atoms with Crippen molar-refractivity contribution < 1.29 is 9.90 Å². The molecule has 2 aromatic rings. The third-order valence-corrected chi connectivity index (χ3v) is 3.12. The highest BCUT2D eigenvalue weighted by molar-refractivity contribution is 14.1. The molecule has 0 unspecified atom stereocenters. The highest BCUT2D eigenvalue weighted by Crippen LogP contribution is 2.20. The van der Waals surface area contributed by atoms with Crippen LogP contribution in [0.3, 0.4) is 0 Å². The van der Waals surface area contributed by atoms with E-state index in [1.54, 1.807) is 25.1 Å². The van der Waals surface area contributed by atoms with E-state index >= 15 is 0 Å². The number of benzene rings is 1. The second kappa shape index (κ2) is 5.70. The number of nitrogens with zero attached hydrogens (tertiary/aromatic N) is 2. The van der Waals surface area contributed by atoms with E-state index in [9.17, 15) is 9.90 Å². The van der Waals surface area contributed by atoms with Gasteiger partial charge in [0.1, 0.15) is 10.9 Å². The molecule has 0 aliphatic rings. The number of aromatic hydroxyl groups is 1. The van der Waals surface area contributed by atoms with Crippen molar-refractivity contribution in [2.75, 3.05) is 5.32 Å². The first kappa shape index (κ1) is 14.0. The average Bonchev–Trinajstić information content (AvgIpc) is 2.30. The van der Waals surface area contributed by atoms with Crippen molar-refractivity contribution in [1.82, 2.24) is 9.97 Å². The number of nitrogens with one attached hydrogen (secondary N) is 1. The van der Waals surface area contributed by atoms with E-state index in [-0.39, 0.29) is 22.4 Å². The molecular formula is C12H9ClIN3O2. The largest absolute Gasteiger partial charge is 0.507 e. The van der Waals surface area contributed by atoms with E-state index in [0.717, 1.165) is 3.57 Å². The van der Waals surface area contributed by atoms with Crippen LogP contribution in [0.2, 0.25) is 5.15 Å². The minimum absolute atomic E-state index is 0.100. The van der Waals surface area contributed by atoms with Crippen LogP contribution in [0.1, 0.15) is 16.1 Å². The number of carbonyl (C=O) groups is 1. The van der Waals surface area contributed by atoms with E-state index < -0.39 is 5.91 Å². The Morgan fingerprint density at radius 3 is 2.79 bits per heavy atom. The van der Waals surface area contributed by atoms with Gasteiger partial charge in [0.15, 0.2) is 0 Å². The minimum atomic E-state index is -0.488. The fourth-order valence-corrected chi connectivity index (χ4v) is 2.17. The summed E-state index contributed by atoms with van der Waals surface area (Å²) in [6.07, 6.45) is 0. The lowest BCUT2D eigenvalue weighted by molar-refractivity contribution is 0.102. The zero-order chi connectivity index (χ0) is 14.0. The van der Waals surface area contributed by atoms with E-state index in [2.05, 4.69) is 37.9 Å². The van der Waals surface area contributed by atoms with Crippen LogP contribution >= 0.6 is 34.2 Å². The third-order valence-electron chi connectivity index (χ3n) is 2.25. The lowest BCUT2D eigenvalue weighted by Crippen LogP contribution is -2.15. The van der Waals surface area contributed by atoms with Crippen molar-refractivity contribution in [3.63, 3.8) is 0 Å². The molecule has 1 amide bonds. The van der Waals surface area contributed by atoms with Crippen LogP contribution in [0.4, 0.5) is 5.95 Å². The molecule has 0 saturated heterocycles. The summed E-state index contributed by atoms with van der Waals surface area (Å²) in [5.74, 6) is -0.484. The van der Waals surface area contributed by atoms with Crippen molar-refractivity contribution in [3.8, 4) is 5.75 Å². The van der Waals surface area contributed by atoms with Gasteiger partial charge < -0.3 is 5.11 Å². The first-order chi connectivity index (χ1) is 8.95. The second-order valence-electron chi connectivity index (χ2n) is 3.77. The second-order valence-corrected chi connectivity index (χ2v) is 5.40. The van der Waals surface area contributed by atoms with Gasteiger partial charge in [-0.05, 0) is 53.8 Å². The first-order valence-corrected chi connectivity index (χ1v) is 6.72. The summed E-state index contributed by atoms with van der Waals surface area (Å²) in [5, 5.41) is 12.4. The number of aryl methyl sites for hydroxylation is 1. The molecule has 0 saturated carbocycles. The molecule has 0 bridgehead atoms. The molecule has 7 heteroatoms. The Bertz CT molecular complexity index is 629. The highest BCUT2D eigenvalue weighted by Gasteiger charge is 2.13. The van der Waals surface area contributed by atoms with Crippen LogP contribution in [0.15, 0.2) is 24.3 Å². The molecule has 0 radical (unpaired) electrons. The van der Waals surface area contributed by atoms with Crippen LogP contribution in [0, 0.1) is 10.5 Å². The van der Waals surface area contributed by atoms with Gasteiger partial charge in [0.25, 0.3) is 5.91 Å². The van der Waals surface area contributed by atoms with Crippen LogP contribution in [-0.4, -0.2) is 21.0 Å². The number of hydrogen-bond acceptors (Lipinski definition) is 4. The van der Waals surface area contributed by atoms with Gasteiger partial charge in [0.05, 0.1) is 5.56 Å². The predicted molar refractivity (Wildman–Crippen MR) is 80.6 cm³/mol. The van der Waals surface area contributed by atoms with Crippen LogP contribution in [0.5, 0.6) is 5.75 Å². The first-order valence-electron chi connectivity index (χ1n) is 5.27. The van der Waals surface area contributed by atoms with Crippen molar-refractivity contribution in [2.24, 2.45) is 0 Å². The summed E-state index contributed by atoms with van der Waals surface area (Å²) in [4.78, 5) is 19.9. The van der Waals surface area contributed by atoms with Crippen molar-refractivity contribution in [3.05, 3.63) is 44.2 Å². The number of rotatable bonds is 2. The van der Waals surface area contributed by atoms with Crippen molar-refractivity contribution >= 4 is 46.0 Å². The number of aromatic nitrogens is 2. The Labute approximate surface area is 128 Å². The molecule has 2 N–H and O–H groups in total. The van der Waals surface area contributed by atoms with Gasteiger partial charge in [-0.2, -0.15) is 0 Å². The third kappa shape index (κ3) is 3.54. The Balaban J connectivity index is 2.28. The van der Waals surface area contributed by atoms with Crippen LogP contribution in [0.25, 0.3) is 0 Å². The maximum Gasteiger partial charge on any atom is 0.261 e. The van der Waals surface area contributed by atoms with Gasteiger partial charge in [-0.3, -0.25) is 10.1 Å². The maximum absolute atomic E-state index is 12.0. The fraction of sp³-hybridized carbons (Fsp3) is 0.0833. The minimum Gasteiger partial charge on any atom is -0.507 e. The summed E-state index contributed by atoms with van der Waals surface area (Å²) >= 11 is 7.84. The number of hydrogen-bond donors (Lipinski definition) is 2. The number of anilines is 1. The monoisotopic (exact) mass is 389 g/mol.